The zero-order valence-corrected chi connectivity index (χ0v) is 12.4. The van der Waals surface area contributed by atoms with Gasteiger partial charge in [0, 0.05) is 18.7 Å². The van der Waals surface area contributed by atoms with E-state index < -0.39 is 11.6 Å². The van der Waals surface area contributed by atoms with Crippen molar-refractivity contribution in [3.63, 3.8) is 0 Å². The Morgan fingerprint density at radius 3 is 2.17 bits per heavy atom. The average molecular weight is 260 g/mol. The fraction of sp³-hybridized carbons (Fsp3) is 0.923. The summed E-state index contributed by atoms with van der Waals surface area (Å²) in [5, 5.41) is 9.40. The monoisotopic (exact) mass is 260 g/mol. The van der Waals surface area contributed by atoms with Crippen molar-refractivity contribution >= 4 is 6.09 Å². The third-order valence-corrected chi connectivity index (χ3v) is 2.84. The highest BCUT2D eigenvalue weighted by Crippen LogP contribution is 2.21. The molecule has 0 aromatic carbocycles. The zero-order chi connectivity index (χ0) is 14.5. The van der Waals surface area contributed by atoms with E-state index >= 15 is 0 Å². The maximum atomic E-state index is 11.5. The van der Waals surface area contributed by atoms with Crippen molar-refractivity contribution in [3.8, 4) is 0 Å². The van der Waals surface area contributed by atoms with E-state index in [1.165, 1.54) is 4.90 Å². The van der Waals surface area contributed by atoms with Crippen molar-refractivity contribution in [2.45, 2.75) is 58.7 Å². The van der Waals surface area contributed by atoms with Crippen LogP contribution in [0.2, 0.25) is 0 Å². The van der Waals surface area contributed by atoms with Gasteiger partial charge < -0.3 is 15.6 Å². The molecule has 0 fully saturated rings. The van der Waals surface area contributed by atoms with Gasteiger partial charge >= 0.3 is 6.09 Å². The van der Waals surface area contributed by atoms with Crippen LogP contribution in [-0.2, 0) is 4.74 Å². The van der Waals surface area contributed by atoms with E-state index in [9.17, 15) is 9.90 Å². The molecule has 18 heavy (non-hydrogen) atoms. The second-order valence-corrected chi connectivity index (χ2v) is 6.14. The van der Waals surface area contributed by atoms with E-state index in [1.807, 2.05) is 20.8 Å². The molecule has 0 radical (unpaired) electrons. The molecule has 0 unspecified atom stereocenters. The van der Waals surface area contributed by atoms with Crippen molar-refractivity contribution in [2.24, 2.45) is 11.7 Å². The van der Waals surface area contributed by atoms with E-state index in [0.717, 1.165) is 6.42 Å². The van der Waals surface area contributed by atoms with Gasteiger partial charge in [0.1, 0.15) is 0 Å². The van der Waals surface area contributed by atoms with Gasteiger partial charge in [0.05, 0.1) is 12.6 Å². The van der Waals surface area contributed by atoms with E-state index in [4.69, 9.17) is 10.5 Å². The first-order valence-electron chi connectivity index (χ1n) is 6.38. The Morgan fingerprint density at radius 1 is 1.39 bits per heavy atom. The van der Waals surface area contributed by atoms with Gasteiger partial charge in [-0.15, -0.1) is 0 Å². The Balaban J connectivity index is 5.09. The number of nitrogens with two attached hydrogens (primary N) is 1. The van der Waals surface area contributed by atoms with Crippen LogP contribution in [0.1, 0.15) is 41.0 Å². The molecule has 2 atom stereocenters. The van der Waals surface area contributed by atoms with E-state index in [2.05, 4.69) is 13.8 Å². The summed E-state index contributed by atoms with van der Waals surface area (Å²) in [5.74, 6) is 0.426. The Morgan fingerprint density at radius 2 is 1.89 bits per heavy atom. The highest BCUT2D eigenvalue weighted by atomic mass is 16.5. The molecule has 0 aliphatic carbocycles. The highest BCUT2D eigenvalue weighted by molar-refractivity contribution is 5.66. The van der Waals surface area contributed by atoms with Crippen molar-refractivity contribution in [1.82, 2.24) is 4.90 Å². The first-order valence-corrected chi connectivity index (χ1v) is 6.38. The van der Waals surface area contributed by atoms with Crippen LogP contribution in [0.15, 0.2) is 0 Å². The molecular formula is C13H28N2O3. The number of nitrogens with zero attached hydrogens (tertiary/aromatic N) is 1. The van der Waals surface area contributed by atoms with Gasteiger partial charge in [0.2, 0.25) is 0 Å². The molecule has 0 heterocycles. The van der Waals surface area contributed by atoms with Crippen LogP contribution < -0.4 is 5.73 Å². The summed E-state index contributed by atoms with van der Waals surface area (Å²) in [5.41, 5.74) is 5.66. The average Bonchev–Trinajstić information content (AvgIpc) is 2.12. The predicted molar refractivity (Wildman–Crippen MR) is 72.7 cm³/mol. The predicted octanol–water partition coefficient (Wildman–Crippen LogP) is 2.15. The van der Waals surface area contributed by atoms with Gasteiger partial charge in [-0.1, -0.05) is 13.8 Å². The minimum absolute atomic E-state index is 0.222. The Bertz CT molecular complexity index is 261. The molecular weight excluding hydrogens is 232 g/mol. The normalized spacial score (nSPS) is 15.6. The number of hydrogen-bond donors (Lipinski definition) is 2. The Hall–Kier alpha value is -0.810. The SMILES string of the molecule is COC[C@@H]([C@H](N)CC(C)C)N(C(=O)O)C(C)(C)C. The minimum Gasteiger partial charge on any atom is -0.465 e. The van der Waals surface area contributed by atoms with E-state index in [0.29, 0.717) is 12.5 Å². The third-order valence-electron chi connectivity index (χ3n) is 2.84. The first-order chi connectivity index (χ1) is 8.11. The van der Waals surface area contributed by atoms with E-state index in [-0.39, 0.29) is 12.1 Å². The topological polar surface area (TPSA) is 75.8 Å². The van der Waals surface area contributed by atoms with Gasteiger partial charge in [-0.2, -0.15) is 0 Å². The molecule has 0 saturated carbocycles. The lowest BCUT2D eigenvalue weighted by molar-refractivity contribution is 0.0218. The van der Waals surface area contributed by atoms with Crippen LogP contribution in [0.3, 0.4) is 0 Å². The molecule has 1 amide bonds. The number of amides is 1. The van der Waals surface area contributed by atoms with Crippen molar-refractivity contribution < 1.29 is 14.6 Å². The summed E-state index contributed by atoms with van der Waals surface area (Å²) in [6.07, 6.45) is -0.183. The number of carbonyl (C=O) groups is 1. The number of carboxylic acid groups (broad SMARTS) is 1. The maximum Gasteiger partial charge on any atom is 0.408 e. The van der Waals surface area contributed by atoms with E-state index in [1.54, 1.807) is 7.11 Å². The van der Waals surface area contributed by atoms with Crippen molar-refractivity contribution in [3.05, 3.63) is 0 Å². The van der Waals surface area contributed by atoms with Gasteiger partial charge in [-0.25, -0.2) is 4.79 Å². The summed E-state index contributed by atoms with van der Waals surface area (Å²) in [7, 11) is 1.57. The second-order valence-electron chi connectivity index (χ2n) is 6.14. The number of ether oxygens (including phenoxy) is 1. The fourth-order valence-corrected chi connectivity index (χ4v) is 2.19. The Labute approximate surface area is 110 Å². The van der Waals surface area contributed by atoms with Gasteiger partial charge in [0.25, 0.3) is 0 Å². The van der Waals surface area contributed by atoms with Crippen molar-refractivity contribution in [2.75, 3.05) is 13.7 Å². The fourth-order valence-electron chi connectivity index (χ4n) is 2.19. The molecule has 0 aromatic heterocycles. The molecule has 3 N–H and O–H groups in total. The summed E-state index contributed by atoms with van der Waals surface area (Å²) in [6, 6.07) is -0.546. The number of methoxy groups -OCH3 is 1. The third kappa shape index (κ3) is 5.23. The quantitative estimate of drug-likeness (QED) is 0.767. The molecule has 0 spiro atoms. The standard InChI is InChI=1S/C13H28N2O3/c1-9(2)7-10(14)11(8-18-6)15(12(16)17)13(3,4)5/h9-11H,7-8,14H2,1-6H3,(H,16,17)/t10-,11+/m1/s1. The molecule has 5 nitrogen and oxygen atoms in total. The van der Waals surface area contributed by atoms with Crippen LogP contribution in [0.4, 0.5) is 4.79 Å². The molecule has 0 bridgehead atoms. The summed E-state index contributed by atoms with van der Waals surface area (Å²) >= 11 is 0. The number of rotatable bonds is 6. The molecule has 0 saturated heterocycles. The zero-order valence-electron chi connectivity index (χ0n) is 12.4. The molecule has 5 heteroatoms. The Kier molecular flexibility index (Phi) is 6.63. The molecule has 108 valence electrons. The minimum atomic E-state index is -0.955. The maximum absolute atomic E-state index is 11.5. The van der Waals surface area contributed by atoms with Gasteiger partial charge in [-0.05, 0) is 33.1 Å². The van der Waals surface area contributed by atoms with Crippen LogP contribution in [0.5, 0.6) is 0 Å². The van der Waals surface area contributed by atoms with Gasteiger partial charge in [0.15, 0.2) is 0 Å². The lowest BCUT2D eigenvalue weighted by Crippen LogP contribution is -2.59. The second kappa shape index (κ2) is 6.95. The summed E-state index contributed by atoms with van der Waals surface area (Å²) < 4.78 is 5.15. The summed E-state index contributed by atoms with van der Waals surface area (Å²) in [4.78, 5) is 12.9. The molecule has 0 aromatic rings. The molecule has 0 aliphatic heterocycles. The molecule has 0 aliphatic rings. The smallest absolute Gasteiger partial charge is 0.408 e. The highest BCUT2D eigenvalue weighted by Gasteiger charge is 2.36. The lowest BCUT2D eigenvalue weighted by Gasteiger charge is -2.42. The largest absolute Gasteiger partial charge is 0.465 e. The molecule has 0 rings (SSSR count). The van der Waals surface area contributed by atoms with Crippen LogP contribution in [0, 0.1) is 5.92 Å². The van der Waals surface area contributed by atoms with Gasteiger partial charge in [-0.3, -0.25) is 4.90 Å². The van der Waals surface area contributed by atoms with Crippen LogP contribution >= 0.6 is 0 Å². The lowest BCUT2D eigenvalue weighted by atomic mass is 9.94. The van der Waals surface area contributed by atoms with Crippen LogP contribution in [-0.4, -0.2) is 47.4 Å². The first kappa shape index (κ1) is 17.2. The number of hydrogen-bond acceptors (Lipinski definition) is 3. The summed E-state index contributed by atoms with van der Waals surface area (Å²) in [6.45, 7) is 10.1. The van der Waals surface area contributed by atoms with Crippen LogP contribution in [0.25, 0.3) is 0 Å². The van der Waals surface area contributed by atoms with Crippen molar-refractivity contribution in [1.29, 1.82) is 0 Å².